The molecule has 0 bridgehead atoms. The number of urea groups is 1. The average molecular weight is 319 g/mol. The van der Waals surface area contributed by atoms with Crippen molar-refractivity contribution in [2.24, 2.45) is 0 Å². The Morgan fingerprint density at radius 1 is 1.39 bits per heavy atom. The summed E-state index contributed by atoms with van der Waals surface area (Å²) < 4.78 is 23.5. The van der Waals surface area contributed by atoms with Crippen LogP contribution in [0.15, 0.2) is 28.8 Å². The standard InChI is InChI=1S/C16H18FN3O3/c1-10(11-2-4-12(17)5-3-11)19-16(21)18-8-14-13-9-22-7-6-15(13)23-20-14/h2-5,10H,6-9H2,1H3,(H2,18,19,21)/t10-/m1/s1. The number of aromatic nitrogens is 1. The molecule has 2 aromatic rings. The van der Waals surface area contributed by atoms with Crippen LogP contribution in [0, 0.1) is 5.82 Å². The summed E-state index contributed by atoms with van der Waals surface area (Å²) in [5, 5.41) is 9.52. The van der Waals surface area contributed by atoms with Gasteiger partial charge in [0.05, 0.1) is 25.8 Å². The Hall–Kier alpha value is -2.41. The Labute approximate surface area is 133 Å². The molecule has 1 aromatic carbocycles. The lowest BCUT2D eigenvalue weighted by molar-refractivity contribution is 0.102. The lowest BCUT2D eigenvalue weighted by Crippen LogP contribution is -2.36. The monoisotopic (exact) mass is 319 g/mol. The van der Waals surface area contributed by atoms with E-state index in [0.29, 0.717) is 25.3 Å². The van der Waals surface area contributed by atoms with Crippen molar-refractivity contribution < 1.29 is 18.4 Å². The predicted molar refractivity (Wildman–Crippen MR) is 80.0 cm³/mol. The largest absolute Gasteiger partial charge is 0.376 e. The van der Waals surface area contributed by atoms with E-state index in [4.69, 9.17) is 9.26 Å². The quantitative estimate of drug-likeness (QED) is 0.907. The smallest absolute Gasteiger partial charge is 0.315 e. The van der Waals surface area contributed by atoms with E-state index in [-0.39, 0.29) is 24.4 Å². The fourth-order valence-corrected chi connectivity index (χ4v) is 2.47. The average Bonchev–Trinajstić information content (AvgIpc) is 2.97. The number of amides is 2. The minimum Gasteiger partial charge on any atom is -0.376 e. The van der Waals surface area contributed by atoms with E-state index >= 15 is 0 Å². The SMILES string of the molecule is C[C@@H](NC(=O)NCc1noc2c1COCC2)c1ccc(F)cc1. The molecule has 1 aromatic heterocycles. The molecule has 122 valence electrons. The van der Waals surface area contributed by atoms with Crippen LogP contribution in [0.3, 0.4) is 0 Å². The summed E-state index contributed by atoms with van der Waals surface area (Å²) in [6.07, 6.45) is 0.704. The van der Waals surface area contributed by atoms with Crippen LogP contribution < -0.4 is 10.6 Å². The summed E-state index contributed by atoms with van der Waals surface area (Å²) in [6.45, 7) is 3.19. The first-order chi connectivity index (χ1) is 11.1. The topological polar surface area (TPSA) is 76.4 Å². The Morgan fingerprint density at radius 3 is 2.96 bits per heavy atom. The highest BCUT2D eigenvalue weighted by molar-refractivity contribution is 5.74. The molecular weight excluding hydrogens is 301 g/mol. The maximum atomic E-state index is 12.9. The molecule has 0 spiro atoms. The zero-order valence-corrected chi connectivity index (χ0v) is 12.8. The number of nitrogens with zero attached hydrogens (tertiary/aromatic N) is 1. The van der Waals surface area contributed by atoms with Crippen LogP contribution in [0.5, 0.6) is 0 Å². The number of rotatable bonds is 4. The van der Waals surface area contributed by atoms with Gasteiger partial charge in [0.1, 0.15) is 17.3 Å². The molecule has 0 unspecified atom stereocenters. The molecule has 0 radical (unpaired) electrons. The third kappa shape index (κ3) is 3.68. The molecule has 0 fully saturated rings. The minimum atomic E-state index is -0.324. The van der Waals surface area contributed by atoms with Crippen LogP contribution in [0.1, 0.15) is 35.5 Å². The fraction of sp³-hybridized carbons (Fsp3) is 0.375. The maximum absolute atomic E-state index is 12.9. The Morgan fingerprint density at radius 2 is 2.17 bits per heavy atom. The number of ether oxygens (including phenoxy) is 1. The second kappa shape index (κ2) is 6.78. The molecule has 0 aliphatic carbocycles. The van der Waals surface area contributed by atoms with E-state index in [2.05, 4.69) is 15.8 Å². The lowest BCUT2D eigenvalue weighted by Gasteiger charge is -2.15. The van der Waals surface area contributed by atoms with Crippen LogP contribution in [-0.2, 0) is 24.3 Å². The van der Waals surface area contributed by atoms with Crippen molar-refractivity contribution in [1.29, 1.82) is 0 Å². The van der Waals surface area contributed by atoms with Crippen molar-refractivity contribution in [3.05, 3.63) is 52.7 Å². The molecule has 1 aliphatic heterocycles. The van der Waals surface area contributed by atoms with Crippen LogP contribution in [0.2, 0.25) is 0 Å². The number of halogens is 1. The third-order valence-corrected chi connectivity index (χ3v) is 3.80. The van der Waals surface area contributed by atoms with Gasteiger partial charge in [-0.05, 0) is 24.6 Å². The summed E-state index contributed by atoms with van der Waals surface area (Å²) in [4.78, 5) is 12.0. The van der Waals surface area contributed by atoms with Crippen molar-refractivity contribution in [1.82, 2.24) is 15.8 Å². The van der Waals surface area contributed by atoms with Gasteiger partial charge in [0, 0.05) is 12.0 Å². The number of carbonyl (C=O) groups excluding carboxylic acids is 1. The summed E-state index contributed by atoms with van der Waals surface area (Å²) in [5.41, 5.74) is 2.43. The molecular formula is C16H18FN3O3. The number of hydrogen-bond donors (Lipinski definition) is 2. The molecule has 1 atom stereocenters. The first-order valence-electron chi connectivity index (χ1n) is 7.47. The van der Waals surface area contributed by atoms with Gasteiger partial charge in [0.25, 0.3) is 0 Å². The summed E-state index contributed by atoms with van der Waals surface area (Å²) in [6, 6.07) is 5.47. The van der Waals surface area contributed by atoms with Crippen LogP contribution in [-0.4, -0.2) is 17.8 Å². The van der Waals surface area contributed by atoms with E-state index in [1.54, 1.807) is 12.1 Å². The molecule has 0 saturated heterocycles. The molecule has 0 saturated carbocycles. The van der Waals surface area contributed by atoms with Gasteiger partial charge >= 0.3 is 6.03 Å². The highest BCUT2D eigenvalue weighted by atomic mass is 19.1. The van der Waals surface area contributed by atoms with E-state index in [0.717, 1.165) is 16.9 Å². The molecule has 2 N–H and O–H groups in total. The van der Waals surface area contributed by atoms with E-state index in [1.165, 1.54) is 12.1 Å². The molecule has 3 rings (SSSR count). The first-order valence-corrected chi connectivity index (χ1v) is 7.47. The number of carbonyl (C=O) groups is 1. The van der Waals surface area contributed by atoms with Crippen molar-refractivity contribution in [2.75, 3.05) is 6.61 Å². The van der Waals surface area contributed by atoms with E-state index in [9.17, 15) is 9.18 Å². The highest BCUT2D eigenvalue weighted by Crippen LogP contribution is 2.20. The van der Waals surface area contributed by atoms with Gasteiger partial charge in [-0.15, -0.1) is 0 Å². The van der Waals surface area contributed by atoms with E-state index in [1.807, 2.05) is 6.92 Å². The fourth-order valence-electron chi connectivity index (χ4n) is 2.47. The van der Waals surface area contributed by atoms with Crippen molar-refractivity contribution in [3.63, 3.8) is 0 Å². The van der Waals surface area contributed by atoms with Gasteiger partial charge < -0.3 is 19.9 Å². The van der Waals surface area contributed by atoms with Gasteiger partial charge in [-0.1, -0.05) is 17.3 Å². The number of benzene rings is 1. The van der Waals surface area contributed by atoms with Crippen LogP contribution >= 0.6 is 0 Å². The minimum absolute atomic E-state index is 0.231. The Balaban J connectivity index is 1.53. The number of nitrogens with one attached hydrogen (secondary N) is 2. The van der Waals surface area contributed by atoms with E-state index < -0.39 is 0 Å². The second-order valence-electron chi connectivity index (χ2n) is 5.43. The summed E-state index contributed by atoms with van der Waals surface area (Å²) >= 11 is 0. The zero-order valence-electron chi connectivity index (χ0n) is 12.8. The molecule has 2 heterocycles. The van der Waals surface area contributed by atoms with Crippen molar-refractivity contribution in [2.45, 2.75) is 32.5 Å². The second-order valence-corrected chi connectivity index (χ2v) is 5.43. The van der Waals surface area contributed by atoms with Gasteiger partial charge in [0.2, 0.25) is 0 Å². The summed E-state index contributed by atoms with van der Waals surface area (Å²) in [7, 11) is 0. The van der Waals surface area contributed by atoms with Gasteiger partial charge in [-0.3, -0.25) is 0 Å². The predicted octanol–water partition coefficient (Wildman–Crippen LogP) is 2.45. The zero-order chi connectivity index (χ0) is 16.2. The normalized spacial score (nSPS) is 14.9. The first kappa shape index (κ1) is 15.5. The molecule has 6 nitrogen and oxygen atoms in total. The highest BCUT2D eigenvalue weighted by Gasteiger charge is 2.20. The summed E-state index contributed by atoms with van der Waals surface area (Å²) in [5.74, 6) is 0.525. The van der Waals surface area contributed by atoms with Gasteiger partial charge in [0.15, 0.2) is 0 Å². The van der Waals surface area contributed by atoms with Crippen molar-refractivity contribution >= 4 is 6.03 Å². The maximum Gasteiger partial charge on any atom is 0.315 e. The molecule has 1 aliphatic rings. The van der Waals surface area contributed by atoms with Crippen LogP contribution in [0.4, 0.5) is 9.18 Å². The Kier molecular flexibility index (Phi) is 4.57. The lowest BCUT2D eigenvalue weighted by atomic mass is 10.1. The van der Waals surface area contributed by atoms with Gasteiger partial charge in [-0.25, -0.2) is 9.18 Å². The third-order valence-electron chi connectivity index (χ3n) is 3.80. The molecule has 23 heavy (non-hydrogen) atoms. The van der Waals surface area contributed by atoms with Crippen LogP contribution in [0.25, 0.3) is 0 Å². The molecule has 2 amide bonds. The Bertz CT molecular complexity index is 684. The number of fused-ring (bicyclic) bond motifs is 1. The molecule has 7 heteroatoms. The van der Waals surface area contributed by atoms with Gasteiger partial charge in [-0.2, -0.15) is 0 Å². The number of hydrogen-bond acceptors (Lipinski definition) is 4. The van der Waals surface area contributed by atoms with Crippen molar-refractivity contribution in [3.8, 4) is 0 Å².